The fourth-order valence-electron chi connectivity index (χ4n) is 1.23. The maximum absolute atomic E-state index is 5.79. The van der Waals surface area contributed by atoms with Gasteiger partial charge in [0.25, 0.3) is 0 Å². The van der Waals surface area contributed by atoms with Crippen molar-refractivity contribution in [3.05, 3.63) is 41.7 Å². The van der Waals surface area contributed by atoms with Crippen LogP contribution in [0.25, 0.3) is 11.4 Å². The molecule has 16 heavy (non-hydrogen) atoms. The molecule has 2 aromatic rings. The van der Waals surface area contributed by atoms with Crippen molar-refractivity contribution >= 4 is 11.6 Å². The number of hydrogen-bond acceptors (Lipinski definition) is 4. The molecule has 1 aromatic carbocycles. The predicted octanol–water partition coefficient (Wildman–Crippen LogP) is 2.09. The summed E-state index contributed by atoms with van der Waals surface area (Å²) in [6.45, 7) is 0.115. The van der Waals surface area contributed by atoms with Gasteiger partial charge in [-0.05, 0) is 24.3 Å². The predicted molar refractivity (Wildman–Crippen MR) is 62.2 cm³/mol. The van der Waals surface area contributed by atoms with Crippen LogP contribution in [0.15, 0.2) is 36.7 Å². The van der Waals surface area contributed by atoms with Crippen molar-refractivity contribution in [1.29, 1.82) is 0 Å². The van der Waals surface area contributed by atoms with Crippen LogP contribution in [0.5, 0.6) is 5.75 Å². The highest BCUT2D eigenvalue weighted by molar-refractivity contribution is 6.30. The van der Waals surface area contributed by atoms with Crippen LogP contribution in [0.3, 0.4) is 0 Å². The Kier molecular flexibility index (Phi) is 3.34. The summed E-state index contributed by atoms with van der Waals surface area (Å²) in [5, 5.41) is 0.687. The van der Waals surface area contributed by atoms with Crippen molar-refractivity contribution in [2.24, 2.45) is 5.73 Å². The number of nitrogens with two attached hydrogens (primary N) is 1. The van der Waals surface area contributed by atoms with Gasteiger partial charge in [-0.25, -0.2) is 9.97 Å². The summed E-state index contributed by atoms with van der Waals surface area (Å²) in [6.07, 6.45) is 3.17. The van der Waals surface area contributed by atoms with E-state index in [0.717, 1.165) is 5.56 Å². The molecule has 5 heteroatoms. The summed E-state index contributed by atoms with van der Waals surface area (Å²) < 4.78 is 5.05. The van der Waals surface area contributed by atoms with E-state index < -0.39 is 0 Å². The SMILES string of the molecule is NCOc1cnc(-c2ccc(Cl)cc2)nc1. The van der Waals surface area contributed by atoms with E-state index in [2.05, 4.69) is 9.97 Å². The first-order valence-corrected chi connectivity index (χ1v) is 5.08. The van der Waals surface area contributed by atoms with Gasteiger partial charge >= 0.3 is 0 Å². The highest BCUT2D eigenvalue weighted by Gasteiger charge is 2.01. The summed E-state index contributed by atoms with van der Waals surface area (Å²) in [5.41, 5.74) is 6.14. The van der Waals surface area contributed by atoms with Crippen molar-refractivity contribution in [1.82, 2.24) is 9.97 Å². The Morgan fingerprint density at radius 1 is 1.12 bits per heavy atom. The summed E-state index contributed by atoms with van der Waals surface area (Å²) in [4.78, 5) is 8.32. The summed E-state index contributed by atoms with van der Waals surface area (Å²) in [7, 11) is 0. The van der Waals surface area contributed by atoms with E-state index in [1.807, 2.05) is 12.1 Å². The molecule has 0 unspecified atom stereocenters. The molecular formula is C11H10ClN3O. The Bertz CT molecular complexity index is 456. The van der Waals surface area contributed by atoms with Crippen LogP contribution in [0.4, 0.5) is 0 Å². The number of halogens is 1. The van der Waals surface area contributed by atoms with Crippen LogP contribution in [0.2, 0.25) is 5.02 Å². The zero-order valence-corrected chi connectivity index (χ0v) is 9.19. The third-order valence-electron chi connectivity index (χ3n) is 1.98. The smallest absolute Gasteiger partial charge is 0.159 e. The van der Waals surface area contributed by atoms with E-state index in [1.54, 1.807) is 24.5 Å². The Labute approximate surface area is 98.0 Å². The second-order valence-corrected chi connectivity index (χ2v) is 3.50. The molecule has 0 saturated carbocycles. The van der Waals surface area contributed by atoms with Crippen molar-refractivity contribution in [2.45, 2.75) is 0 Å². The number of ether oxygens (including phenoxy) is 1. The Hall–Kier alpha value is -1.65. The van der Waals surface area contributed by atoms with E-state index in [0.29, 0.717) is 16.6 Å². The molecule has 0 radical (unpaired) electrons. The van der Waals surface area contributed by atoms with Gasteiger partial charge in [-0.2, -0.15) is 0 Å². The molecule has 0 amide bonds. The van der Waals surface area contributed by atoms with Crippen LogP contribution in [0, 0.1) is 0 Å². The van der Waals surface area contributed by atoms with E-state index in [4.69, 9.17) is 22.1 Å². The van der Waals surface area contributed by atoms with Gasteiger partial charge in [-0.3, -0.25) is 5.73 Å². The van der Waals surface area contributed by atoms with Crippen LogP contribution >= 0.6 is 11.6 Å². The maximum Gasteiger partial charge on any atom is 0.159 e. The van der Waals surface area contributed by atoms with Gasteiger partial charge < -0.3 is 4.74 Å². The van der Waals surface area contributed by atoms with Gasteiger partial charge in [0.15, 0.2) is 11.6 Å². The molecule has 1 heterocycles. The van der Waals surface area contributed by atoms with E-state index in [1.165, 1.54) is 0 Å². The van der Waals surface area contributed by atoms with Gasteiger partial charge in [0.05, 0.1) is 12.4 Å². The second-order valence-electron chi connectivity index (χ2n) is 3.06. The van der Waals surface area contributed by atoms with Crippen molar-refractivity contribution < 1.29 is 4.74 Å². The normalized spacial score (nSPS) is 10.1. The lowest BCUT2D eigenvalue weighted by Crippen LogP contribution is -2.07. The molecule has 0 atom stereocenters. The minimum Gasteiger partial charge on any atom is -0.475 e. The van der Waals surface area contributed by atoms with E-state index >= 15 is 0 Å². The molecule has 0 spiro atoms. The topological polar surface area (TPSA) is 61.0 Å². The number of aromatic nitrogens is 2. The molecule has 0 saturated heterocycles. The Balaban J connectivity index is 2.24. The average Bonchev–Trinajstić information content (AvgIpc) is 2.32. The fourth-order valence-corrected chi connectivity index (χ4v) is 1.36. The summed E-state index contributed by atoms with van der Waals surface area (Å²) in [5.74, 6) is 1.18. The molecule has 4 nitrogen and oxygen atoms in total. The first kappa shape index (κ1) is 10.9. The average molecular weight is 236 g/mol. The lowest BCUT2D eigenvalue weighted by Gasteiger charge is -2.03. The molecule has 0 bridgehead atoms. The molecule has 0 fully saturated rings. The quantitative estimate of drug-likeness (QED) is 0.828. The number of benzene rings is 1. The lowest BCUT2D eigenvalue weighted by atomic mass is 10.2. The molecular weight excluding hydrogens is 226 g/mol. The molecule has 0 aliphatic heterocycles. The van der Waals surface area contributed by atoms with Crippen LogP contribution in [0.1, 0.15) is 0 Å². The van der Waals surface area contributed by atoms with Crippen molar-refractivity contribution in [2.75, 3.05) is 6.73 Å². The fraction of sp³-hybridized carbons (Fsp3) is 0.0909. The van der Waals surface area contributed by atoms with E-state index in [-0.39, 0.29) is 6.73 Å². The second kappa shape index (κ2) is 4.92. The molecule has 2 N–H and O–H groups in total. The standard InChI is InChI=1S/C11H10ClN3O/c12-9-3-1-8(2-4-9)11-14-5-10(6-15-11)16-7-13/h1-6H,7,13H2. The summed E-state index contributed by atoms with van der Waals surface area (Å²) in [6, 6.07) is 7.32. The van der Waals surface area contributed by atoms with E-state index in [9.17, 15) is 0 Å². The third-order valence-corrected chi connectivity index (χ3v) is 2.23. The highest BCUT2D eigenvalue weighted by atomic mass is 35.5. The maximum atomic E-state index is 5.79. The van der Waals surface area contributed by atoms with Gasteiger partial charge in [0, 0.05) is 10.6 Å². The van der Waals surface area contributed by atoms with Gasteiger partial charge in [-0.15, -0.1) is 0 Å². The van der Waals surface area contributed by atoms with Gasteiger partial charge in [-0.1, -0.05) is 11.6 Å². The zero-order chi connectivity index (χ0) is 11.4. The largest absolute Gasteiger partial charge is 0.475 e. The van der Waals surface area contributed by atoms with Crippen LogP contribution < -0.4 is 10.5 Å². The van der Waals surface area contributed by atoms with Crippen molar-refractivity contribution in [3.63, 3.8) is 0 Å². The minimum absolute atomic E-state index is 0.115. The zero-order valence-electron chi connectivity index (χ0n) is 8.43. The molecule has 0 aliphatic rings. The van der Waals surface area contributed by atoms with Gasteiger partial charge in [0.2, 0.25) is 0 Å². The highest BCUT2D eigenvalue weighted by Crippen LogP contribution is 2.18. The van der Waals surface area contributed by atoms with Crippen LogP contribution in [-0.2, 0) is 0 Å². The Morgan fingerprint density at radius 3 is 2.31 bits per heavy atom. The van der Waals surface area contributed by atoms with Crippen LogP contribution in [-0.4, -0.2) is 16.7 Å². The molecule has 1 aromatic heterocycles. The minimum atomic E-state index is 0.115. The molecule has 82 valence electrons. The summed E-state index contributed by atoms with van der Waals surface area (Å²) >= 11 is 5.79. The Morgan fingerprint density at radius 2 is 1.75 bits per heavy atom. The lowest BCUT2D eigenvalue weighted by molar-refractivity contribution is 0.327. The monoisotopic (exact) mass is 235 g/mol. The number of rotatable bonds is 3. The molecule has 0 aliphatic carbocycles. The first-order valence-electron chi connectivity index (χ1n) is 4.70. The number of nitrogens with zero attached hydrogens (tertiary/aromatic N) is 2. The number of hydrogen-bond donors (Lipinski definition) is 1. The van der Waals surface area contributed by atoms with Gasteiger partial charge in [0.1, 0.15) is 6.73 Å². The first-order chi connectivity index (χ1) is 7.79. The molecule has 2 rings (SSSR count). The third kappa shape index (κ3) is 2.48. The van der Waals surface area contributed by atoms with Crippen molar-refractivity contribution in [3.8, 4) is 17.1 Å².